The van der Waals surface area contributed by atoms with E-state index < -0.39 is 5.97 Å². The predicted octanol–water partition coefficient (Wildman–Crippen LogP) is 5.29. The predicted molar refractivity (Wildman–Crippen MR) is 102 cm³/mol. The van der Waals surface area contributed by atoms with E-state index in [2.05, 4.69) is 5.32 Å². The molecule has 6 heteroatoms. The number of benzene rings is 2. The van der Waals surface area contributed by atoms with Crippen molar-refractivity contribution in [1.29, 1.82) is 0 Å². The first kappa shape index (κ1) is 17.5. The Kier molecular flexibility index (Phi) is 5.06. The Balaban J connectivity index is 1.95. The van der Waals surface area contributed by atoms with Gasteiger partial charge in [-0.2, -0.15) is 0 Å². The lowest BCUT2D eigenvalue weighted by molar-refractivity contribution is 0.0527. The van der Waals surface area contributed by atoms with Gasteiger partial charge in [-0.3, -0.25) is 4.79 Å². The molecule has 4 nitrogen and oxygen atoms in total. The van der Waals surface area contributed by atoms with Crippen LogP contribution in [0.2, 0.25) is 5.02 Å². The zero-order valence-electron chi connectivity index (χ0n) is 13.8. The van der Waals surface area contributed by atoms with Crippen molar-refractivity contribution < 1.29 is 14.3 Å². The quantitative estimate of drug-likeness (QED) is 0.632. The van der Waals surface area contributed by atoms with Crippen LogP contribution in [0.5, 0.6) is 0 Å². The SMILES string of the molecule is CCOC(=O)c1cc(C)ccc1NC(=O)c1sc2ccccc2c1Cl. The molecule has 0 aliphatic carbocycles. The lowest BCUT2D eigenvalue weighted by atomic mass is 10.1. The van der Waals surface area contributed by atoms with Crippen molar-refractivity contribution in [1.82, 2.24) is 0 Å². The van der Waals surface area contributed by atoms with Crippen molar-refractivity contribution in [3.05, 3.63) is 63.5 Å². The van der Waals surface area contributed by atoms with Crippen molar-refractivity contribution >= 4 is 50.6 Å². The van der Waals surface area contributed by atoms with E-state index in [0.717, 1.165) is 15.6 Å². The highest BCUT2D eigenvalue weighted by atomic mass is 35.5. The minimum atomic E-state index is -0.469. The molecule has 0 radical (unpaired) electrons. The molecular weight excluding hydrogens is 358 g/mol. The number of esters is 1. The third-order valence-electron chi connectivity index (χ3n) is 3.66. The summed E-state index contributed by atoms with van der Waals surface area (Å²) in [5, 5.41) is 4.04. The summed E-state index contributed by atoms with van der Waals surface area (Å²) < 4.78 is 6.01. The van der Waals surface area contributed by atoms with E-state index in [1.54, 1.807) is 19.1 Å². The van der Waals surface area contributed by atoms with E-state index in [0.29, 0.717) is 21.2 Å². The second-order valence-corrected chi connectivity index (χ2v) is 6.90. The number of rotatable bonds is 4. The molecule has 0 saturated heterocycles. The number of ether oxygens (including phenoxy) is 1. The molecule has 25 heavy (non-hydrogen) atoms. The second-order valence-electron chi connectivity index (χ2n) is 5.46. The van der Waals surface area contributed by atoms with Gasteiger partial charge in [0.1, 0.15) is 4.88 Å². The summed E-state index contributed by atoms with van der Waals surface area (Å²) in [6, 6.07) is 12.8. The number of amides is 1. The maximum atomic E-state index is 12.7. The zero-order valence-corrected chi connectivity index (χ0v) is 15.3. The lowest BCUT2D eigenvalue weighted by Crippen LogP contribution is -2.15. The number of thiophene rings is 1. The maximum Gasteiger partial charge on any atom is 0.340 e. The molecule has 0 fully saturated rings. The zero-order chi connectivity index (χ0) is 18.0. The van der Waals surface area contributed by atoms with Crippen LogP contribution in [0.15, 0.2) is 42.5 Å². The summed E-state index contributed by atoms with van der Waals surface area (Å²) in [5.41, 5.74) is 1.64. The summed E-state index contributed by atoms with van der Waals surface area (Å²) in [5.74, 6) is -0.815. The molecule has 1 aromatic heterocycles. The number of halogens is 1. The molecule has 0 unspecified atom stereocenters. The van der Waals surface area contributed by atoms with Gasteiger partial charge in [0.25, 0.3) is 5.91 Å². The molecule has 3 aromatic rings. The molecule has 0 aliphatic heterocycles. The number of carbonyl (C=O) groups is 2. The summed E-state index contributed by atoms with van der Waals surface area (Å²) in [6.07, 6.45) is 0. The van der Waals surface area contributed by atoms with Crippen LogP contribution in [0.1, 0.15) is 32.5 Å². The molecule has 1 heterocycles. The molecule has 0 bridgehead atoms. The van der Waals surface area contributed by atoms with Gasteiger partial charge in [-0.05, 0) is 32.0 Å². The fraction of sp³-hybridized carbons (Fsp3) is 0.158. The van der Waals surface area contributed by atoms with Crippen molar-refractivity contribution in [3.63, 3.8) is 0 Å². The van der Waals surface area contributed by atoms with Crippen LogP contribution in [0.25, 0.3) is 10.1 Å². The molecule has 128 valence electrons. The molecular formula is C19H16ClNO3S. The van der Waals surface area contributed by atoms with Gasteiger partial charge in [0.15, 0.2) is 0 Å². The molecule has 0 saturated carbocycles. The smallest absolute Gasteiger partial charge is 0.340 e. The summed E-state index contributed by atoms with van der Waals surface area (Å²) in [4.78, 5) is 25.2. The maximum absolute atomic E-state index is 12.7. The molecule has 0 aliphatic rings. The Bertz CT molecular complexity index is 964. The van der Waals surface area contributed by atoms with E-state index >= 15 is 0 Å². The van der Waals surface area contributed by atoms with E-state index in [1.807, 2.05) is 37.3 Å². The number of aryl methyl sites for hydroxylation is 1. The normalized spacial score (nSPS) is 10.7. The van der Waals surface area contributed by atoms with E-state index in [4.69, 9.17) is 16.3 Å². The number of fused-ring (bicyclic) bond motifs is 1. The fourth-order valence-corrected chi connectivity index (χ4v) is 3.90. The van der Waals surface area contributed by atoms with Crippen LogP contribution in [0.3, 0.4) is 0 Å². The molecule has 1 N–H and O–H groups in total. The van der Waals surface area contributed by atoms with Crippen LogP contribution in [0, 0.1) is 6.92 Å². The third kappa shape index (κ3) is 3.52. The van der Waals surface area contributed by atoms with Crippen molar-refractivity contribution in [2.45, 2.75) is 13.8 Å². The number of anilines is 1. The molecule has 2 aromatic carbocycles. The summed E-state index contributed by atoms with van der Waals surface area (Å²) >= 11 is 7.67. The van der Waals surface area contributed by atoms with Gasteiger partial charge in [-0.25, -0.2) is 4.79 Å². The highest BCUT2D eigenvalue weighted by molar-refractivity contribution is 7.21. The minimum absolute atomic E-state index is 0.266. The Morgan fingerprint density at radius 1 is 1.20 bits per heavy atom. The van der Waals surface area contributed by atoms with Crippen LogP contribution in [-0.4, -0.2) is 18.5 Å². The van der Waals surface area contributed by atoms with Crippen molar-refractivity contribution in [2.75, 3.05) is 11.9 Å². The second kappa shape index (κ2) is 7.25. The Morgan fingerprint density at radius 2 is 1.96 bits per heavy atom. The van der Waals surface area contributed by atoms with Crippen LogP contribution in [-0.2, 0) is 4.74 Å². The molecule has 3 rings (SSSR count). The molecule has 0 atom stereocenters. The molecule has 1 amide bonds. The standard InChI is InChI=1S/C19H16ClNO3S/c1-3-24-19(23)13-10-11(2)8-9-14(13)21-18(22)17-16(20)12-6-4-5-7-15(12)25-17/h4-10H,3H2,1-2H3,(H,21,22). The number of carbonyl (C=O) groups excluding carboxylic acids is 2. The van der Waals surface area contributed by atoms with Crippen LogP contribution in [0.4, 0.5) is 5.69 Å². The average Bonchev–Trinajstić information content (AvgIpc) is 2.94. The molecule has 0 spiro atoms. The van der Waals surface area contributed by atoms with Crippen LogP contribution < -0.4 is 5.32 Å². The average molecular weight is 374 g/mol. The topological polar surface area (TPSA) is 55.4 Å². The lowest BCUT2D eigenvalue weighted by Gasteiger charge is -2.11. The third-order valence-corrected chi connectivity index (χ3v) is 5.33. The van der Waals surface area contributed by atoms with E-state index in [1.165, 1.54) is 11.3 Å². The fourth-order valence-electron chi connectivity index (χ4n) is 2.48. The largest absolute Gasteiger partial charge is 0.462 e. The van der Waals surface area contributed by atoms with Gasteiger partial charge in [0, 0.05) is 10.1 Å². The van der Waals surface area contributed by atoms with E-state index in [9.17, 15) is 9.59 Å². The monoisotopic (exact) mass is 373 g/mol. The van der Waals surface area contributed by atoms with Crippen molar-refractivity contribution in [2.24, 2.45) is 0 Å². The highest BCUT2D eigenvalue weighted by Gasteiger charge is 2.20. The highest BCUT2D eigenvalue weighted by Crippen LogP contribution is 2.35. The summed E-state index contributed by atoms with van der Waals surface area (Å²) in [6.45, 7) is 3.88. The number of nitrogens with one attached hydrogen (secondary N) is 1. The van der Waals surface area contributed by atoms with E-state index in [-0.39, 0.29) is 12.5 Å². The number of hydrogen-bond acceptors (Lipinski definition) is 4. The Morgan fingerprint density at radius 3 is 2.68 bits per heavy atom. The Hall–Kier alpha value is -2.37. The van der Waals surface area contributed by atoms with Gasteiger partial charge in [0.05, 0.1) is 22.9 Å². The minimum Gasteiger partial charge on any atom is -0.462 e. The Labute approximate surface area is 154 Å². The first-order valence-corrected chi connectivity index (χ1v) is 8.97. The van der Waals surface area contributed by atoms with Gasteiger partial charge in [0.2, 0.25) is 0 Å². The van der Waals surface area contributed by atoms with Crippen LogP contribution >= 0.6 is 22.9 Å². The first-order valence-electron chi connectivity index (χ1n) is 7.77. The van der Waals surface area contributed by atoms with Gasteiger partial charge in [-0.1, -0.05) is 41.4 Å². The van der Waals surface area contributed by atoms with Crippen molar-refractivity contribution in [3.8, 4) is 0 Å². The summed E-state index contributed by atoms with van der Waals surface area (Å²) in [7, 11) is 0. The van der Waals surface area contributed by atoms with Gasteiger partial charge >= 0.3 is 5.97 Å². The number of hydrogen-bond donors (Lipinski definition) is 1. The van der Waals surface area contributed by atoms with Gasteiger partial charge < -0.3 is 10.1 Å². The first-order chi connectivity index (χ1) is 12.0. The van der Waals surface area contributed by atoms with Gasteiger partial charge in [-0.15, -0.1) is 11.3 Å².